The summed E-state index contributed by atoms with van der Waals surface area (Å²) in [4.78, 5) is 21.1. The highest BCUT2D eigenvalue weighted by Crippen LogP contribution is 2.32. The number of hydrogen-bond donors (Lipinski definition) is 1. The molecule has 0 radical (unpaired) electrons. The van der Waals surface area contributed by atoms with E-state index in [9.17, 15) is 4.79 Å². The van der Waals surface area contributed by atoms with Gasteiger partial charge in [0.2, 0.25) is 0 Å². The number of rotatable bonds is 3. The van der Waals surface area contributed by atoms with Gasteiger partial charge in [-0.2, -0.15) is 0 Å². The highest BCUT2D eigenvalue weighted by Gasteiger charge is 2.18. The first-order valence-corrected chi connectivity index (χ1v) is 6.23. The van der Waals surface area contributed by atoms with Gasteiger partial charge in [-0.1, -0.05) is 0 Å². The van der Waals surface area contributed by atoms with Crippen LogP contribution in [-0.4, -0.2) is 28.1 Å². The molecule has 2 aromatic rings. The van der Waals surface area contributed by atoms with Gasteiger partial charge in [0.05, 0.1) is 5.00 Å². The highest BCUT2D eigenvalue weighted by molar-refractivity contribution is 7.14. The van der Waals surface area contributed by atoms with Crippen molar-refractivity contribution >= 4 is 28.1 Å². The quantitative estimate of drug-likeness (QED) is 0.922. The molecule has 0 aliphatic carbocycles. The van der Waals surface area contributed by atoms with Crippen LogP contribution >= 0.6 is 11.3 Å². The molecule has 0 spiro atoms. The van der Waals surface area contributed by atoms with Crippen molar-refractivity contribution in [2.45, 2.75) is 13.8 Å². The second-order valence-corrected chi connectivity index (χ2v) is 4.82. The minimum absolute atomic E-state index is 0.107. The van der Waals surface area contributed by atoms with Crippen LogP contribution in [0, 0.1) is 13.8 Å². The number of carboxylic acids is 1. The van der Waals surface area contributed by atoms with Crippen LogP contribution in [0.2, 0.25) is 0 Å². The van der Waals surface area contributed by atoms with Crippen LogP contribution in [-0.2, 0) is 0 Å². The number of anilines is 2. The highest BCUT2D eigenvalue weighted by atomic mass is 32.1. The van der Waals surface area contributed by atoms with Gasteiger partial charge in [-0.15, -0.1) is 11.3 Å². The van der Waals surface area contributed by atoms with Gasteiger partial charge in [0, 0.05) is 13.2 Å². The minimum atomic E-state index is -1.02. The SMILES string of the molecule is Cc1ncc(C(=O)O)c(N(C)c2sccc2C)n1. The van der Waals surface area contributed by atoms with E-state index in [0.717, 1.165) is 10.6 Å². The smallest absolute Gasteiger partial charge is 0.341 e. The molecule has 94 valence electrons. The van der Waals surface area contributed by atoms with Crippen LogP contribution in [0.15, 0.2) is 17.6 Å². The van der Waals surface area contributed by atoms with Gasteiger partial charge < -0.3 is 10.0 Å². The summed E-state index contributed by atoms with van der Waals surface area (Å²) < 4.78 is 0. The number of thiophene rings is 1. The van der Waals surface area contributed by atoms with Crippen LogP contribution in [0.1, 0.15) is 21.7 Å². The lowest BCUT2D eigenvalue weighted by atomic mass is 10.2. The Morgan fingerprint density at radius 3 is 2.72 bits per heavy atom. The average molecular weight is 263 g/mol. The molecular weight excluding hydrogens is 250 g/mol. The summed E-state index contributed by atoms with van der Waals surface area (Å²) in [5, 5.41) is 12.1. The first kappa shape index (κ1) is 12.5. The molecule has 2 heterocycles. The number of carbonyl (C=O) groups is 1. The normalized spacial score (nSPS) is 10.4. The fourth-order valence-corrected chi connectivity index (χ4v) is 2.57. The zero-order valence-corrected chi connectivity index (χ0v) is 11.2. The maximum absolute atomic E-state index is 11.2. The van der Waals surface area contributed by atoms with Crippen LogP contribution in [0.5, 0.6) is 0 Å². The van der Waals surface area contributed by atoms with Crippen molar-refractivity contribution < 1.29 is 9.90 Å². The predicted molar refractivity (Wildman–Crippen MR) is 70.8 cm³/mol. The monoisotopic (exact) mass is 263 g/mol. The average Bonchev–Trinajstić information content (AvgIpc) is 2.74. The van der Waals surface area contributed by atoms with Gasteiger partial charge in [0.25, 0.3) is 0 Å². The van der Waals surface area contributed by atoms with E-state index >= 15 is 0 Å². The van der Waals surface area contributed by atoms with E-state index in [-0.39, 0.29) is 5.56 Å². The van der Waals surface area contributed by atoms with E-state index in [1.165, 1.54) is 6.20 Å². The molecule has 0 saturated carbocycles. The molecule has 6 heteroatoms. The molecule has 1 N–H and O–H groups in total. The summed E-state index contributed by atoms with van der Waals surface area (Å²) in [7, 11) is 1.81. The maximum Gasteiger partial charge on any atom is 0.341 e. The predicted octanol–water partition coefficient (Wildman–Crippen LogP) is 2.62. The molecule has 0 unspecified atom stereocenters. The summed E-state index contributed by atoms with van der Waals surface area (Å²) in [5.74, 6) is -0.0531. The van der Waals surface area contributed by atoms with Crippen LogP contribution < -0.4 is 4.90 Å². The molecule has 0 aromatic carbocycles. The molecule has 0 atom stereocenters. The number of aryl methyl sites for hydroxylation is 2. The number of carboxylic acid groups (broad SMARTS) is 1. The van der Waals surface area contributed by atoms with Crippen LogP contribution in [0.3, 0.4) is 0 Å². The molecule has 0 bridgehead atoms. The van der Waals surface area contributed by atoms with Crippen molar-refractivity contribution in [1.82, 2.24) is 9.97 Å². The molecular formula is C12H13N3O2S. The fourth-order valence-electron chi connectivity index (χ4n) is 1.67. The van der Waals surface area contributed by atoms with E-state index in [4.69, 9.17) is 5.11 Å². The molecule has 0 saturated heterocycles. The van der Waals surface area contributed by atoms with Gasteiger partial charge in [0.15, 0.2) is 5.82 Å². The third kappa shape index (κ3) is 2.19. The van der Waals surface area contributed by atoms with Crippen LogP contribution in [0.4, 0.5) is 10.8 Å². The Kier molecular flexibility index (Phi) is 3.29. The second-order valence-electron chi connectivity index (χ2n) is 3.93. The Hall–Kier alpha value is -1.95. The van der Waals surface area contributed by atoms with Crippen LogP contribution in [0.25, 0.3) is 0 Å². The molecule has 5 nitrogen and oxygen atoms in total. The third-order valence-electron chi connectivity index (χ3n) is 2.58. The molecule has 18 heavy (non-hydrogen) atoms. The lowest BCUT2D eigenvalue weighted by Gasteiger charge is -2.19. The zero-order valence-electron chi connectivity index (χ0n) is 10.3. The summed E-state index contributed by atoms with van der Waals surface area (Å²) >= 11 is 1.55. The first-order chi connectivity index (χ1) is 8.50. The third-order valence-corrected chi connectivity index (χ3v) is 3.67. The van der Waals surface area contributed by atoms with Gasteiger partial charge in [-0.25, -0.2) is 14.8 Å². The zero-order chi connectivity index (χ0) is 13.3. The second kappa shape index (κ2) is 4.73. The molecule has 0 fully saturated rings. The largest absolute Gasteiger partial charge is 0.477 e. The minimum Gasteiger partial charge on any atom is -0.477 e. The van der Waals surface area contributed by atoms with Crippen molar-refractivity contribution in [3.05, 3.63) is 34.6 Å². The van der Waals surface area contributed by atoms with Crippen molar-refractivity contribution in [2.24, 2.45) is 0 Å². The molecule has 0 aliphatic rings. The Morgan fingerprint density at radius 1 is 1.44 bits per heavy atom. The van der Waals surface area contributed by atoms with Crippen molar-refractivity contribution in [1.29, 1.82) is 0 Å². The maximum atomic E-state index is 11.2. The standard InChI is InChI=1S/C12H13N3O2S/c1-7-4-5-18-11(7)15(3)10-9(12(16)17)6-13-8(2)14-10/h4-6H,1-3H3,(H,16,17). The Labute approximate surface area is 109 Å². The summed E-state index contributed by atoms with van der Waals surface area (Å²) in [6.45, 7) is 3.72. The number of aromatic nitrogens is 2. The Morgan fingerprint density at radius 2 is 2.17 bits per heavy atom. The lowest BCUT2D eigenvalue weighted by Crippen LogP contribution is -2.16. The van der Waals surface area contributed by atoms with E-state index in [1.54, 1.807) is 23.2 Å². The lowest BCUT2D eigenvalue weighted by molar-refractivity contribution is 0.0697. The fraction of sp³-hybridized carbons (Fsp3) is 0.250. The van der Waals surface area contributed by atoms with E-state index in [1.807, 2.05) is 25.4 Å². The van der Waals surface area contributed by atoms with E-state index in [2.05, 4.69) is 9.97 Å². The number of hydrogen-bond acceptors (Lipinski definition) is 5. The number of aromatic carboxylic acids is 1. The van der Waals surface area contributed by atoms with Gasteiger partial charge in [0.1, 0.15) is 11.4 Å². The van der Waals surface area contributed by atoms with E-state index in [0.29, 0.717) is 11.6 Å². The topological polar surface area (TPSA) is 66.3 Å². The molecule has 2 rings (SSSR count). The van der Waals surface area contributed by atoms with Crippen molar-refractivity contribution in [3.8, 4) is 0 Å². The molecule has 2 aromatic heterocycles. The van der Waals surface area contributed by atoms with E-state index < -0.39 is 5.97 Å². The van der Waals surface area contributed by atoms with Gasteiger partial charge in [-0.05, 0) is 30.9 Å². The van der Waals surface area contributed by atoms with Crippen molar-refractivity contribution in [2.75, 3.05) is 11.9 Å². The summed E-state index contributed by atoms with van der Waals surface area (Å²) in [5.41, 5.74) is 1.20. The molecule has 0 aliphatic heterocycles. The molecule has 0 amide bonds. The van der Waals surface area contributed by atoms with Gasteiger partial charge >= 0.3 is 5.97 Å². The summed E-state index contributed by atoms with van der Waals surface area (Å²) in [6, 6.07) is 1.99. The Balaban J connectivity index is 2.53. The Bertz CT molecular complexity index is 595. The number of nitrogens with zero attached hydrogens (tertiary/aromatic N) is 3. The van der Waals surface area contributed by atoms with Gasteiger partial charge in [-0.3, -0.25) is 0 Å². The van der Waals surface area contributed by atoms with Crippen molar-refractivity contribution in [3.63, 3.8) is 0 Å². The summed E-state index contributed by atoms with van der Waals surface area (Å²) in [6.07, 6.45) is 1.35. The first-order valence-electron chi connectivity index (χ1n) is 5.35.